The molecule has 2 rings (SSSR count). The topological polar surface area (TPSA) is 93.2 Å². The second-order valence-corrected chi connectivity index (χ2v) is 6.36. The summed E-state index contributed by atoms with van der Waals surface area (Å²) in [5, 5.41) is 5.20. The second kappa shape index (κ2) is 9.80. The molecule has 0 aliphatic heterocycles. The smallest absolute Gasteiger partial charge is 0.271 e. The molecule has 0 unspecified atom stereocenters. The Bertz CT molecular complexity index is 905. The molecule has 2 amide bonds. The number of halogens is 2. The van der Waals surface area contributed by atoms with Gasteiger partial charge in [0.1, 0.15) is 17.3 Å². The van der Waals surface area contributed by atoms with Crippen molar-refractivity contribution >= 4 is 23.4 Å². The van der Waals surface area contributed by atoms with Gasteiger partial charge < -0.3 is 15.4 Å². The fourth-order valence-corrected chi connectivity index (χ4v) is 2.20. The highest BCUT2D eigenvalue weighted by Crippen LogP contribution is 2.20. The molecule has 148 valence electrons. The molecule has 7 nitrogen and oxygen atoms in total. The first kappa shape index (κ1) is 21.3. The molecule has 28 heavy (non-hydrogen) atoms. The predicted molar refractivity (Wildman–Crippen MR) is 103 cm³/mol. The number of nitrogens with zero attached hydrogens (tertiary/aromatic N) is 2. The highest BCUT2D eigenvalue weighted by atomic mass is 35.5. The third-order valence-electron chi connectivity index (χ3n) is 3.71. The minimum atomic E-state index is -0.631. The minimum Gasteiger partial charge on any atom is -0.484 e. The number of hydrogen-bond donors (Lipinski definition) is 2. The number of ether oxygens (including phenoxy) is 1. The Kier molecular flexibility index (Phi) is 7.45. The summed E-state index contributed by atoms with van der Waals surface area (Å²) >= 11 is 5.58. The summed E-state index contributed by atoms with van der Waals surface area (Å²) < 4.78 is 18.5. The minimum absolute atomic E-state index is 0.0287. The number of benzene rings is 1. The van der Waals surface area contributed by atoms with Gasteiger partial charge >= 0.3 is 0 Å². The van der Waals surface area contributed by atoms with Crippen molar-refractivity contribution in [2.45, 2.75) is 20.3 Å². The Hall–Kier alpha value is -3.00. The van der Waals surface area contributed by atoms with Gasteiger partial charge in [-0.3, -0.25) is 14.6 Å². The van der Waals surface area contributed by atoms with E-state index >= 15 is 0 Å². The van der Waals surface area contributed by atoms with Crippen LogP contribution >= 0.6 is 11.6 Å². The monoisotopic (exact) mass is 406 g/mol. The molecule has 0 fully saturated rings. The molecule has 2 aromatic rings. The summed E-state index contributed by atoms with van der Waals surface area (Å²) in [7, 11) is 0. The van der Waals surface area contributed by atoms with Crippen molar-refractivity contribution in [3.8, 4) is 5.75 Å². The van der Waals surface area contributed by atoms with Crippen molar-refractivity contribution in [3.63, 3.8) is 0 Å². The largest absolute Gasteiger partial charge is 0.484 e. The Balaban J connectivity index is 1.71. The molecule has 0 atom stereocenters. The third kappa shape index (κ3) is 6.31. The molecular formula is C19H20ClFN4O3. The van der Waals surface area contributed by atoms with E-state index in [-0.39, 0.29) is 35.5 Å². The van der Waals surface area contributed by atoms with Gasteiger partial charge in [0.25, 0.3) is 11.8 Å². The van der Waals surface area contributed by atoms with Gasteiger partial charge in [-0.1, -0.05) is 18.2 Å². The molecule has 1 aromatic heterocycles. The van der Waals surface area contributed by atoms with E-state index in [9.17, 15) is 14.0 Å². The van der Waals surface area contributed by atoms with Gasteiger partial charge in [0.05, 0.1) is 22.6 Å². The van der Waals surface area contributed by atoms with Gasteiger partial charge in [-0.05, 0) is 26.0 Å². The molecular weight excluding hydrogens is 387 g/mol. The number of carbonyl (C=O) groups excluding carboxylic acids is 2. The zero-order valence-corrected chi connectivity index (χ0v) is 16.3. The number of aryl methyl sites for hydroxylation is 2. The van der Waals surface area contributed by atoms with Crippen molar-refractivity contribution in [2.75, 3.05) is 13.2 Å². The van der Waals surface area contributed by atoms with Crippen LogP contribution in [0.3, 0.4) is 0 Å². The molecule has 0 aliphatic carbocycles. The van der Waals surface area contributed by atoms with Crippen molar-refractivity contribution in [2.24, 2.45) is 0 Å². The Morgan fingerprint density at radius 2 is 2.04 bits per heavy atom. The number of aromatic nitrogens is 2. The van der Waals surface area contributed by atoms with E-state index in [4.69, 9.17) is 16.3 Å². The van der Waals surface area contributed by atoms with Crippen molar-refractivity contribution in [1.29, 1.82) is 0 Å². The van der Waals surface area contributed by atoms with Crippen LogP contribution in [0.15, 0.2) is 36.7 Å². The highest BCUT2D eigenvalue weighted by Gasteiger charge is 2.10. The number of carbonyl (C=O) groups is 2. The first-order valence-electron chi connectivity index (χ1n) is 8.40. The van der Waals surface area contributed by atoms with Crippen LogP contribution in [0.2, 0.25) is 5.02 Å². The molecule has 2 N–H and O–H groups in total. The fourth-order valence-electron chi connectivity index (χ4n) is 2.08. The predicted octanol–water partition coefficient (Wildman–Crippen LogP) is 2.71. The zero-order valence-electron chi connectivity index (χ0n) is 15.5. The second-order valence-electron chi connectivity index (χ2n) is 5.95. The van der Waals surface area contributed by atoms with Gasteiger partial charge in [0.2, 0.25) is 0 Å². The highest BCUT2D eigenvalue weighted by molar-refractivity contribution is 6.30. The number of rotatable bonds is 8. The SMILES string of the molecule is C=C(CCNC(=O)c1cnc(C)c(C)n1)NC(=O)COc1ccc(Cl)c(F)c1. The summed E-state index contributed by atoms with van der Waals surface area (Å²) in [6.45, 7) is 7.26. The molecule has 0 saturated heterocycles. The quantitative estimate of drug-likeness (QED) is 0.703. The number of nitrogens with one attached hydrogen (secondary N) is 2. The molecule has 0 aliphatic rings. The van der Waals surface area contributed by atoms with Crippen molar-refractivity contribution < 1.29 is 18.7 Å². The molecule has 9 heteroatoms. The lowest BCUT2D eigenvalue weighted by Crippen LogP contribution is -2.31. The average Bonchev–Trinajstić information content (AvgIpc) is 2.64. The fraction of sp³-hybridized carbons (Fsp3) is 0.263. The van der Waals surface area contributed by atoms with E-state index in [1.165, 1.54) is 18.3 Å². The molecule has 0 bridgehead atoms. The maximum absolute atomic E-state index is 13.3. The lowest BCUT2D eigenvalue weighted by atomic mass is 10.3. The molecule has 1 heterocycles. The first-order valence-corrected chi connectivity index (χ1v) is 8.78. The summed E-state index contributed by atoms with van der Waals surface area (Å²) in [6, 6.07) is 3.89. The van der Waals surface area contributed by atoms with E-state index in [1.807, 2.05) is 6.92 Å². The maximum atomic E-state index is 13.3. The Morgan fingerprint density at radius 3 is 2.71 bits per heavy atom. The van der Waals surface area contributed by atoms with Crippen LogP contribution in [-0.4, -0.2) is 34.9 Å². The van der Waals surface area contributed by atoms with Gasteiger partial charge in [-0.25, -0.2) is 9.37 Å². The van der Waals surface area contributed by atoms with E-state index in [0.717, 1.165) is 11.8 Å². The molecule has 0 radical (unpaired) electrons. The normalized spacial score (nSPS) is 10.3. The van der Waals surface area contributed by atoms with Crippen LogP contribution in [0.1, 0.15) is 28.3 Å². The third-order valence-corrected chi connectivity index (χ3v) is 4.02. The van der Waals surface area contributed by atoms with Crippen LogP contribution in [0.5, 0.6) is 5.75 Å². The van der Waals surface area contributed by atoms with Crippen molar-refractivity contribution in [3.05, 3.63) is 64.6 Å². The van der Waals surface area contributed by atoms with Crippen LogP contribution in [0, 0.1) is 19.7 Å². The summed E-state index contributed by atoms with van der Waals surface area (Å²) in [5.74, 6) is -1.26. The average molecular weight is 407 g/mol. The summed E-state index contributed by atoms with van der Waals surface area (Å²) in [5.41, 5.74) is 2.07. The number of hydrogen-bond acceptors (Lipinski definition) is 5. The lowest BCUT2D eigenvalue weighted by molar-refractivity contribution is -0.122. The summed E-state index contributed by atoms with van der Waals surface area (Å²) in [4.78, 5) is 32.1. The van der Waals surface area contributed by atoms with Crippen LogP contribution < -0.4 is 15.4 Å². The molecule has 1 aromatic carbocycles. The number of amides is 2. The molecule has 0 saturated carbocycles. The van der Waals surface area contributed by atoms with Gasteiger partial charge in [0.15, 0.2) is 6.61 Å². The standard InChI is InChI=1S/C19H20ClFN4O3/c1-11(6-7-22-19(27)17-9-23-12(2)13(3)25-17)24-18(26)10-28-14-4-5-15(20)16(21)8-14/h4-5,8-9H,1,6-7,10H2,2-3H3,(H,22,27)(H,24,26). The van der Waals surface area contributed by atoms with Gasteiger partial charge in [-0.2, -0.15) is 0 Å². The van der Waals surface area contributed by atoms with Crippen LogP contribution in [0.25, 0.3) is 0 Å². The first-order chi connectivity index (χ1) is 13.3. The summed E-state index contributed by atoms with van der Waals surface area (Å²) in [6.07, 6.45) is 1.73. The van der Waals surface area contributed by atoms with Crippen LogP contribution in [0.4, 0.5) is 4.39 Å². The van der Waals surface area contributed by atoms with Gasteiger partial charge in [-0.15, -0.1) is 0 Å². The Morgan fingerprint density at radius 1 is 1.29 bits per heavy atom. The van der Waals surface area contributed by atoms with E-state index in [2.05, 4.69) is 27.2 Å². The van der Waals surface area contributed by atoms with E-state index < -0.39 is 11.7 Å². The van der Waals surface area contributed by atoms with E-state index in [0.29, 0.717) is 17.8 Å². The van der Waals surface area contributed by atoms with E-state index in [1.54, 1.807) is 6.92 Å². The lowest BCUT2D eigenvalue weighted by Gasteiger charge is -2.11. The van der Waals surface area contributed by atoms with Crippen molar-refractivity contribution in [1.82, 2.24) is 20.6 Å². The molecule has 0 spiro atoms. The maximum Gasteiger partial charge on any atom is 0.271 e. The zero-order chi connectivity index (χ0) is 20.7. The Labute approximate surface area is 167 Å². The van der Waals surface area contributed by atoms with Crippen LogP contribution in [-0.2, 0) is 4.79 Å². The van der Waals surface area contributed by atoms with Gasteiger partial charge in [0, 0.05) is 24.7 Å².